The molecule has 0 bridgehead atoms. The lowest BCUT2D eigenvalue weighted by Crippen LogP contribution is -2.43. The molecule has 0 amide bonds. The second-order valence-corrected chi connectivity index (χ2v) is 6.78. The average Bonchev–Trinajstić information content (AvgIpc) is 3.11. The van der Waals surface area contributed by atoms with Crippen LogP contribution in [0.15, 0.2) is 24.1 Å². The first-order chi connectivity index (χ1) is 10.9. The summed E-state index contributed by atoms with van der Waals surface area (Å²) in [4.78, 5) is 2.60. The molecule has 148 valence electrons. The maximum atomic E-state index is 6.30. The van der Waals surface area contributed by atoms with Crippen LogP contribution in [0.2, 0.25) is 0 Å². The van der Waals surface area contributed by atoms with E-state index >= 15 is 0 Å². The van der Waals surface area contributed by atoms with E-state index in [0.717, 1.165) is 25.5 Å². The smallest absolute Gasteiger partial charge is 0.119 e. The molecule has 0 saturated carbocycles. The monoisotopic (exact) mass is 413 g/mol. The fourth-order valence-electron chi connectivity index (χ4n) is 3.95. The molecule has 0 aromatic heterocycles. The van der Waals surface area contributed by atoms with Crippen LogP contribution in [-0.4, -0.2) is 49.8 Å². The van der Waals surface area contributed by atoms with Crippen LogP contribution in [0.1, 0.15) is 39.0 Å². The van der Waals surface area contributed by atoms with Crippen LogP contribution in [0.5, 0.6) is 0 Å². The molecule has 7 heteroatoms. The van der Waals surface area contributed by atoms with Crippen molar-refractivity contribution in [3.05, 3.63) is 24.1 Å². The highest BCUT2D eigenvalue weighted by molar-refractivity contribution is 5.86. The molecular weight excluding hydrogens is 381 g/mol. The summed E-state index contributed by atoms with van der Waals surface area (Å²) in [6.45, 7) is 7.87. The molecule has 3 rings (SSSR count). The van der Waals surface area contributed by atoms with Crippen molar-refractivity contribution < 1.29 is 4.74 Å². The molecular formula is C18H34Cl3N3O. The maximum Gasteiger partial charge on any atom is 0.119 e. The Hall–Kier alpha value is -0.130. The molecule has 0 spiro atoms. The highest BCUT2D eigenvalue weighted by Crippen LogP contribution is 2.25. The quantitative estimate of drug-likeness (QED) is 0.697. The van der Waals surface area contributed by atoms with Crippen molar-refractivity contribution in [1.29, 1.82) is 0 Å². The molecule has 2 atom stereocenters. The highest BCUT2D eigenvalue weighted by Gasteiger charge is 2.29. The first-order valence-corrected chi connectivity index (χ1v) is 9.09. The third kappa shape index (κ3) is 6.84. The van der Waals surface area contributed by atoms with Crippen LogP contribution >= 0.6 is 37.2 Å². The summed E-state index contributed by atoms with van der Waals surface area (Å²) in [6, 6.07) is 0.936. The van der Waals surface area contributed by atoms with E-state index in [1.165, 1.54) is 45.2 Å². The van der Waals surface area contributed by atoms with Crippen molar-refractivity contribution in [2.45, 2.75) is 51.1 Å². The molecule has 2 N–H and O–H groups in total. The minimum Gasteiger partial charge on any atom is -0.494 e. The van der Waals surface area contributed by atoms with Crippen LogP contribution in [0, 0.1) is 5.92 Å². The molecule has 0 aromatic carbocycles. The van der Waals surface area contributed by atoms with Gasteiger partial charge in [0.25, 0.3) is 0 Å². The van der Waals surface area contributed by atoms with Crippen molar-refractivity contribution in [3.63, 3.8) is 0 Å². The number of likely N-dealkylation sites (tertiary alicyclic amines) is 1. The predicted molar refractivity (Wildman–Crippen MR) is 112 cm³/mol. The molecule has 2 saturated heterocycles. The molecule has 1 unspecified atom stereocenters. The molecule has 3 aliphatic rings. The first-order valence-electron chi connectivity index (χ1n) is 9.09. The number of dihydropyridines is 1. The summed E-state index contributed by atoms with van der Waals surface area (Å²) in [5.74, 6) is 1.83. The lowest BCUT2D eigenvalue weighted by atomic mass is 9.88. The van der Waals surface area contributed by atoms with Gasteiger partial charge in [0.1, 0.15) is 12.4 Å². The Morgan fingerprint density at radius 2 is 1.84 bits per heavy atom. The third-order valence-electron chi connectivity index (χ3n) is 5.36. The topological polar surface area (TPSA) is 36.5 Å². The molecule has 3 heterocycles. The van der Waals surface area contributed by atoms with E-state index in [-0.39, 0.29) is 37.2 Å². The van der Waals surface area contributed by atoms with Crippen molar-refractivity contribution in [2.24, 2.45) is 5.92 Å². The lowest BCUT2D eigenvalue weighted by molar-refractivity contribution is 0.0912. The Morgan fingerprint density at radius 1 is 1.16 bits per heavy atom. The number of hydrogen-bond acceptors (Lipinski definition) is 4. The second kappa shape index (κ2) is 13.1. The molecule has 0 radical (unpaired) electrons. The Morgan fingerprint density at radius 3 is 2.48 bits per heavy atom. The molecule has 0 aromatic rings. The largest absolute Gasteiger partial charge is 0.494 e. The number of hydrogen-bond donors (Lipinski definition) is 2. The molecule has 3 aliphatic heterocycles. The minimum absolute atomic E-state index is 0. The fraction of sp³-hybridized carbons (Fsp3) is 0.778. The zero-order chi connectivity index (χ0) is 15.2. The lowest BCUT2D eigenvalue weighted by Gasteiger charge is -2.35. The number of ether oxygens (including phenoxy) is 1. The minimum atomic E-state index is 0. The van der Waals surface area contributed by atoms with Gasteiger partial charge in [-0.3, -0.25) is 4.90 Å². The Bertz CT molecular complexity index is 408. The van der Waals surface area contributed by atoms with Gasteiger partial charge in [-0.25, -0.2) is 0 Å². The van der Waals surface area contributed by atoms with Gasteiger partial charge in [-0.1, -0.05) is 6.92 Å². The van der Waals surface area contributed by atoms with E-state index in [4.69, 9.17) is 4.74 Å². The number of halogens is 3. The van der Waals surface area contributed by atoms with E-state index < -0.39 is 0 Å². The van der Waals surface area contributed by atoms with Crippen molar-refractivity contribution in [1.82, 2.24) is 15.5 Å². The summed E-state index contributed by atoms with van der Waals surface area (Å²) in [5, 5.41) is 6.99. The SMILES string of the molecule is CC[C@H](COC1=CC=CNC1C1CCNCC1)N1CCCC1.Cl.Cl.Cl. The van der Waals surface area contributed by atoms with E-state index in [0.29, 0.717) is 18.0 Å². The summed E-state index contributed by atoms with van der Waals surface area (Å²) >= 11 is 0. The molecule has 2 fully saturated rings. The van der Waals surface area contributed by atoms with Crippen molar-refractivity contribution in [3.8, 4) is 0 Å². The second-order valence-electron chi connectivity index (χ2n) is 6.78. The maximum absolute atomic E-state index is 6.30. The summed E-state index contributed by atoms with van der Waals surface area (Å²) in [7, 11) is 0. The summed E-state index contributed by atoms with van der Waals surface area (Å²) < 4.78 is 6.30. The number of piperidine rings is 1. The summed E-state index contributed by atoms with van der Waals surface area (Å²) in [6.07, 6.45) is 12.6. The number of allylic oxidation sites excluding steroid dienone is 2. The fourth-order valence-corrected chi connectivity index (χ4v) is 3.95. The number of nitrogens with zero attached hydrogens (tertiary/aromatic N) is 1. The van der Waals surface area contributed by atoms with Gasteiger partial charge in [-0.15, -0.1) is 37.2 Å². The van der Waals surface area contributed by atoms with Crippen LogP contribution in [0.4, 0.5) is 0 Å². The van der Waals surface area contributed by atoms with Crippen molar-refractivity contribution in [2.75, 3.05) is 32.8 Å². The van der Waals surface area contributed by atoms with E-state index in [2.05, 4.69) is 40.8 Å². The van der Waals surface area contributed by atoms with Crippen LogP contribution in [-0.2, 0) is 4.74 Å². The van der Waals surface area contributed by atoms with Gasteiger partial charge in [-0.2, -0.15) is 0 Å². The van der Waals surface area contributed by atoms with Crippen LogP contribution < -0.4 is 10.6 Å². The predicted octanol–water partition coefficient (Wildman–Crippen LogP) is 3.51. The van der Waals surface area contributed by atoms with Gasteiger partial charge in [0.05, 0.1) is 6.04 Å². The zero-order valence-electron chi connectivity index (χ0n) is 15.1. The van der Waals surface area contributed by atoms with Gasteiger partial charge >= 0.3 is 0 Å². The standard InChI is InChI=1S/C18H31N3O.3ClH/c1-2-16(21-12-3-4-13-21)14-22-17-6-5-9-20-18(17)15-7-10-19-11-8-15;;;/h5-6,9,15-16,18-20H,2-4,7-8,10-14H2,1H3;3*1H/t16-,18?;;;/m1.../s1. The Kier molecular flexibility index (Phi) is 13.0. The van der Waals surface area contributed by atoms with Gasteiger partial charge < -0.3 is 15.4 Å². The number of nitrogens with one attached hydrogen (secondary N) is 2. The van der Waals surface area contributed by atoms with E-state index in [1.807, 2.05) is 0 Å². The number of rotatable bonds is 6. The highest BCUT2D eigenvalue weighted by atomic mass is 35.5. The molecule has 0 aliphatic carbocycles. The molecule has 25 heavy (non-hydrogen) atoms. The van der Waals surface area contributed by atoms with Gasteiger partial charge in [-0.05, 0) is 82.6 Å². The van der Waals surface area contributed by atoms with Crippen molar-refractivity contribution >= 4 is 37.2 Å². The normalized spacial score (nSPS) is 24.8. The van der Waals surface area contributed by atoms with Crippen LogP contribution in [0.25, 0.3) is 0 Å². The average molecular weight is 415 g/mol. The van der Waals surface area contributed by atoms with Gasteiger partial charge in [0.2, 0.25) is 0 Å². The van der Waals surface area contributed by atoms with Gasteiger partial charge in [0, 0.05) is 6.04 Å². The van der Waals surface area contributed by atoms with E-state index in [1.54, 1.807) is 0 Å². The summed E-state index contributed by atoms with van der Waals surface area (Å²) in [5.41, 5.74) is 0. The third-order valence-corrected chi connectivity index (χ3v) is 5.36. The Balaban J connectivity index is 0.00000192. The Labute approximate surface area is 171 Å². The van der Waals surface area contributed by atoms with Gasteiger partial charge in [0.15, 0.2) is 0 Å². The first kappa shape index (κ1) is 24.9. The van der Waals surface area contributed by atoms with Crippen LogP contribution in [0.3, 0.4) is 0 Å². The van der Waals surface area contributed by atoms with E-state index in [9.17, 15) is 0 Å². The molecule has 4 nitrogen and oxygen atoms in total. The zero-order valence-corrected chi connectivity index (χ0v) is 17.6.